The van der Waals surface area contributed by atoms with Crippen molar-refractivity contribution in [2.45, 2.75) is 38.9 Å². The molecule has 0 fully saturated rings. The summed E-state index contributed by atoms with van der Waals surface area (Å²) >= 11 is 6.13. The third-order valence-corrected chi connectivity index (χ3v) is 3.49. The monoisotopic (exact) mass is 176 g/mol. The van der Waals surface area contributed by atoms with E-state index in [1.54, 1.807) is 0 Å². The zero-order valence-corrected chi connectivity index (χ0v) is 8.91. The predicted octanol–water partition coefficient (Wildman–Crippen LogP) is 3.79. The molecule has 0 aromatic heterocycles. The first-order chi connectivity index (χ1) is 4.56. The van der Waals surface area contributed by atoms with E-state index >= 15 is 0 Å². The molecule has 0 saturated heterocycles. The quantitative estimate of drug-likeness (QED) is 0.265. The van der Waals surface area contributed by atoms with Crippen LogP contribution in [-0.4, -0.2) is 7.38 Å². The van der Waals surface area contributed by atoms with Gasteiger partial charge in [0.1, 0.15) is 0 Å². The van der Waals surface area contributed by atoms with E-state index in [1.165, 1.54) is 18.9 Å². The van der Waals surface area contributed by atoms with Gasteiger partial charge in [0.2, 0.25) is 0 Å². The second-order valence-electron chi connectivity index (χ2n) is 3.18. The van der Waals surface area contributed by atoms with Crippen LogP contribution in [0.25, 0.3) is 0 Å². The van der Waals surface area contributed by atoms with Gasteiger partial charge in [0.25, 0.3) is 0 Å². The van der Waals surface area contributed by atoms with Crippen LogP contribution in [0.2, 0.25) is 19.1 Å². The van der Waals surface area contributed by atoms with E-state index in [0.29, 0.717) is 0 Å². The molecule has 0 atom stereocenters. The molecule has 0 heterocycles. The van der Waals surface area contributed by atoms with E-state index in [0.717, 1.165) is 0 Å². The zero-order chi connectivity index (χ0) is 8.04. The fourth-order valence-corrected chi connectivity index (χ4v) is 2.25. The lowest BCUT2D eigenvalue weighted by Gasteiger charge is -2.10. The van der Waals surface area contributed by atoms with Crippen LogP contribution in [-0.2, 0) is 0 Å². The summed E-state index contributed by atoms with van der Waals surface area (Å²) in [5, 5.41) is 0. The number of halogens is 1. The number of allylic oxidation sites excluding steroid dienone is 2. The van der Waals surface area contributed by atoms with Gasteiger partial charge in [-0.3, -0.25) is 0 Å². The predicted molar refractivity (Wildman–Crippen MR) is 52.2 cm³/mol. The van der Waals surface area contributed by atoms with Gasteiger partial charge < -0.3 is 0 Å². The molecule has 0 unspecified atom stereocenters. The van der Waals surface area contributed by atoms with Crippen molar-refractivity contribution in [2.24, 2.45) is 0 Å². The van der Waals surface area contributed by atoms with Gasteiger partial charge in [-0.2, -0.15) is 11.1 Å². The SMILES string of the molecule is C/C=C/CCC[Si](C)(C)Cl. The van der Waals surface area contributed by atoms with Gasteiger partial charge in [-0.25, -0.2) is 0 Å². The highest BCUT2D eigenvalue weighted by Crippen LogP contribution is 2.17. The minimum absolute atomic E-state index is 1.19. The van der Waals surface area contributed by atoms with Crippen LogP contribution in [0, 0.1) is 0 Å². The van der Waals surface area contributed by atoms with Crippen molar-refractivity contribution in [2.75, 3.05) is 0 Å². The van der Waals surface area contributed by atoms with E-state index in [2.05, 4.69) is 32.2 Å². The summed E-state index contributed by atoms with van der Waals surface area (Å²) < 4.78 is 0. The molecule has 0 aliphatic carbocycles. The van der Waals surface area contributed by atoms with Gasteiger partial charge in [0.15, 0.2) is 7.38 Å². The molecule has 0 saturated carbocycles. The molecule has 0 bridgehead atoms. The Labute approximate surface area is 70.0 Å². The fourth-order valence-electron chi connectivity index (χ4n) is 0.807. The van der Waals surface area contributed by atoms with Crippen LogP contribution in [0.1, 0.15) is 19.8 Å². The molecule has 60 valence electrons. The summed E-state index contributed by atoms with van der Waals surface area (Å²) in [5.74, 6) is 0. The number of hydrogen-bond acceptors (Lipinski definition) is 0. The lowest BCUT2D eigenvalue weighted by Crippen LogP contribution is -2.14. The summed E-state index contributed by atoms with van der Waals surface area (Å²) in [6.07, 6.45) is 6.76. The van der Waals surface area contributed by atoms with Gasteiger partial charge in [-0.1, -0.05) is 31.7 Å². The van der Waals surface area contributed by atoms with Gasteiger partial charge in [-0.15, -0.1) is 0 Å². The summed E-state index contributed by atoms with van der Waals surface area (Å²) in [6, 6.07) is 1.24. The lowest BCUT2D eigenvalue weighted by atomic mass is 10.3. The van der Waals surface area contributed by atoms with Crippen LogP contribution in [0.15, 0.2) is 12.2 Å². The van der Waals surface area contributed by atoms with E-state index in [-0.39, 0.29) is 0 Å². The van der Waals surface area contributed by atoms with Crippen LogP contribution in [0.3, 0.4) is 0 Å². The lowest BCUT2D eigenvalue weighted by molar-refractivity contribution is 0.939. The largest absolute Gasteiger partial charge is 0.168 e. The van der Waals surface area contributed by atoms with E-state index < -0.39 is 7.38 Å². The minimum Gasteiger partial charge on any atom is -0.168 e. The smallest absolute Gasteiger partial charge is 0.150 e. The van der Waals surface area contributed by atoms with E-state index in [9.17, 15) is 0 Å². The molecule has 0 aromatic carbocycles. The minimum atomic E-state index is -1.27. The first-order valence-electron chi connectivity index (χ1n) is 3.86. The van der Waals surface area contributed by atoms with Crippen molar-refractivity contribution in [1.29, 1.82) is 0 Å². The van der Waals surface area contributed by atoms with Crippen molar-refractivity contribution >= 4 is 18.5 Å². The van der Waals surface area contributed by atoms with E-state index in [4.69, 9.17) is 11.1 Å². The highest BCUT2D eigenvalue weighted by molar-refractivity contribution is 7.19. The average molecular weight is 177 g/mol. The average Bonchev–Trinajstić information content (AvgIpc) is 1.78. The third-order valence-electron chi connectivity index (χ3n) is 1.38. The zero-order valence-electron chi connectivity index (χ0n) is 7.15. The molecule has 2 heteroatoms. The third kappa shape index (κ3) is 8.25. The standard InChI is InChI=1S/C8H17ClSi/c1-4-5-6-7-8-10(2,3)9/h4-5H,6-8H2,1-3H3/b5-4+. The van der Waals surface area contributed by atoms with Crippen molar-refractivity contribution in [1.82, 2.24) is 0 Å². The molecule has 0 nitrogen and oxygen atoms in total. The Hall–Kier alpha value is 0.247. The van der Waals surface area contributed by atoms with Crippen LogP contribution < -0.4 is 0 Å². The highest BCUT2D eigenvalue weighted by atomic mass is 35.6. The Kier molecular flexibility index (Phi) is 5.09. The molecule has 0 aliphatic rings. The van der Waals surface area contributed by atoms with Crippen LogP contribution in [0.5, 0.6) is 0 Å². The first-order valence-corrected chi connectivity index (χ1v) is 8.08. The molecule has 0 spiro atoms. The van der Waals surface area contributed by atoms with Gasteiger partial charge in [0, 0.05) is 0 Å². The first kappa shape index (κ1) is 10.2. The summed E-state index contributed by atoms with van der Waals surface area (Å²) in [6.45, 7) is 6.46. The molecule has 0 aliphatic heterocycles. The van der Waals surface area contributed by atoms with Crippen molar-refractivity contribution in [3.8, 4) is 0 Å². The molecular weight excluding hydrogens is 160 g/mol. The maximum Gasteiger partial charge on any atom is 0.150 e. The highest BCUT2D eigenvalue weighted by Gasteiger charge is 2.14. The Bertz CT molecular complexity index is 102. The van der Waals surface area contributed by atoms with Crippen LogP contribution in [0.4, 0.5) is 0 Å². The summed E-state index contributed by atoms with van der Waals surface area (Å²) in [4.78, 5) is 0. The van der Waals surface area contributed by atoms with Gasteiger partial charge in [0.05, 0.1) is 0 Å². The second kappa shape index (κ2) is 4.97. The van der Waals surface area contributed by atoms with Crippen LogP contribution >= 0.6 is 11.1 Å². The topological polar surface area (TPSA) is 0 Å². The Balaban J connectivity index is 3.20. The number of unbranched alkanes of at least 4 members (excludes halogenated alkanes) is 1. The molecule has 0 rings (SSSR count). The molecule has 0 N–H and O–H groups in total. The maximum atomic E-state index is 6.13. The Morgan fingerprint density at radius 2 is 2.00 bits per heavy atom. The fraction of sp³-hybridized carbons (Fsp3) is 0.750. The molecular formula is C8H17ClSi. The molecule has 0 amide bonds. The molecule has 0 aromatic rings. The van der Waals surface area contributed by atoms with E-state index in [1.807, 2.05) is 0 Å². The number of hydrogen-bond donors (Lipinski definition) is 0. The maximum absolute atomic E-state index is 6.13. The van der Waals surface area contributed by atoms with Gasteiger partial charge in [-0.05, 0) is 19.4 Å². The van der Waals surface area contributed by atoms with Crippen molar-refractivity contribution in [3.05, 3.63) is 12.2 Å². The number of rotatable bonds is 4. The summed E-state index contributed by atoms with van der Waals surface area (Å²) in [7, 11) is -1.27. The second-order valence-corrected chi connectivity index (χ2v) is 10.2. The summed E-state index contributed by atoms with van der Waals surface area (Å²) in [5.41, 5.74) is 0. The Morgan fingerprint density at radius 1 is 1.40 bits per heavy atom. The van der Waals surface area contributed by atoms with Gasteiger partial charge >= 0.3 is 0 Å². The Morgan fingerprint density at radius 3 is 2.40 bits per heavy atom. The molecule has 0 radical (unpaired) electrons. The normalized spacial score (nSPS) is 12.8. The molecule has 10 heavy (non-hydrogen) atoms. The van der Waals surface area contributed by atoms with Crippen molar-refractivity contribution < 1.29 is 0 Å². The van der Waals surface area contributed by atoms with Crippen molar-refractivity contribution in [3.63, 3.8) is 0 Å².